The smallest absolute Gasteiger partial charge is 0.222 e. The highest BCUT2D eigenvalue weighted by Crippen LogP contribution is 2.36. The molecule has 0 bridgehead atoms. The molecule has 6 nitrogen and oxygen atoms in total. The van der Waals surface area contributed by atoms with Gasteiger partial charge in [0.2, 0.25) is 5.95 Å². The van der Waals surface area contributed by atoms with Crippen molar-refractivity contribution in [3.63, 3.8) is 0 Å². The van der Waals surface area contributed by atoms with Crippen LogP contribution in [0.25, 0.3) is 0 Å². The van der Waals surface area contributed by atoms with Gasteiger partial charge in [0.25, 0.3) is 0 Å². The van der Waals surface area contributed by atoms with Gasteiger partial charge in [-0.1, -0.05) is 0 Å². The Bertz CT molecular complexity index is 429. The van der Waals surface area contributed by atoms with Gasteiger partial charge in [0.15, 0.2) is 5.79 Å². The van der Waals surface area contributed by atoms with Crippen LogP contribution in [0.15, 0.2) is 0 Å². The van der Waals surface area contributed by atoms with Gasteiger partial charge in [-0.3, -0.25) is 0 Å². The zero-order valence-electron chi connectivity index (χ0n) is 8.90. The van der Waals surface area contributed by atoms with E-state index in [1.165, 1.54) is 0 Å². The van der Waals surface area contributed by atoms with Crippen LogP contribution in [0.1, 0.15) is 17.7 Å². The summed E-state index contributed by atoms with van der Waals surface area (Å²) in [6.07, 6.45) is 2.19. The van der Waals surface area contributed by atoms with Crippen LogP contribution in [0.2, 0.25) is 0 Å². The number of aryl methyl sites for hydroxylation is 1. The molecular formula is C10H14N4O2. The molecule has 1 aliphatic carbocycles. The van der Waals surface area contributed by atoms with Gasteiger partial charge in [0, 0.05) is 18.4 Å². The van der Waals surface area contributed by atoms with Gasteiger partial charge < -0.3 is 20.9 Å². The molecule has 0 unspecified atom stereocenters. The van der Waals surface area contributed by atoms with Crippen LogP contribution in [0.3, 0.4) is 0 Å². The Morgan fingerprint density at radius 2 is 1.88 bits per heavy atom. The highest BCUT2D eigenvalue weighted by molar-refractivity contribution is 5.47. The molecule has 86 valence electrons. The van der Waals surface area contributed by atoms with Crippen LogP contribution in [0, 0.1) is 0 Å². The molecule has 1 aromatic rings. The van der Waals surface area contributed by atoms with Crippen LogP contribution >= 0.6 is 0 Å². The van der Waals surface area contributed by atoms with Crippen molar-refractivity contribution < 1.29 is 9.47 Å². The van der Waals surface area contributed by atoms with Crippen LogP contribution in [0.5, 0.6) is 0 Å². The Kier molecular flexibility index (Phi) is 2.02. The first kappa shape index (κ1) is 9.80. The monoisotopic (exact) mass is 222 g/mol. The molecule has 0 amide bonds. The standard InChI is InChI=1S/C10H14N4O2/c11-8-6-5-10(15-3-4-16-10)2-1-7(6)13-9(12)14-8/h1-5H2,(H4,11,12,13,14). The highest BCUT2D eigenvalue weighted by Gasteiger charge is 2.41. The Morgan fingerprint density at radius 1 is 1.12 bits per heavy atom. The summed E-state index contributed by atoms with van der Waals surface area (Å²) in [4.78, 5) is 8.18. The summed E-state index contributed by atoms with van der Waals surface area (Å²) in [5.74, 6) is 0.182. The van der Waals surface area contributed by atoms with Crippen molar-refractivity contribution in [2.75, 3.05) is 24.7 Å². The van der Waals surface area contributed by atoms with E-state index in [2.05, 4.69) is 9.97 Å². The number of nitrogen functional groups attached to an aromatic ring is 2. The molecule has 16 heavy (non-hydrogen) atoms. The predicted octanol–water partition coefficient (Wildman–Crippen LogP) is -0.127. The van der Waals surface area contributed by atoms with E-state index >= 15 is 0 Å². The SMILES string of the molecule is Nc1nc(N)c2c(n1)CCC1(C2)OCCO1. The summed E-state index contributed by atoms with van der Waals surface area (Å²) < 4.78 is 11.3. The maximum Gasteiger partial charge on any atom is 0.222 e. The lowest BCUT2D eigenvalue weighted by Gasteiger charge is -2.32. The fraction of sp³-hybridized carbons (Fsp3) is 0.600. The zero-order chi connectivity index (χ0) is 11.2. The first-order chi connectivity index (χ1) is 7.69. The van der Waals surface area contributed by atoms with Gasteiger partial charge in [-0.25, -0.2) is 4.98 Å². The van der Waals surface area contributed by atoms with E-state index in [4.69, 9.17) is 20.9 Å². The molecule has 1 fully saturated rings. The maximum absolute atomic E-state index is 5.85. The average Bonchev–Trinajstić information content (AvgIpc) is 2.68. The normalized spacial score (nSPS) is 22.2. The van der Waals surface area contributed by atoms with E-state index in [1.54, 1.807) is 0 Å². The Balaban J connectivity index is 1.99. The predicted molar refractivity (Wildman–Crippen MR) is 57.5 cm³/mol. The number of hydrogen-bond acceptors (Lipinski definition) is 6. The summed E-state index contributed by atoms with van der Waals surface area (Å²) >= 11 is 0. The Morgan fingerprint density at radius 3 is 2.62 bits per heavy atom. The summed E-state index contributed by atoms with van der Waals surface area (Å²) in [5.41, 5.74) is 13.3. The van der Waals surface area contributed by atoms with Crippen molar-refractivity contribution >= 4 is 11.8 Å². The van der Waals surface area contributed by atoms with E-state index in [0.29, 0.717) is 25.5 Å². The van der Waals surface area contributed by atoms with E-state index in [-0.39, 0.29) is 5.95 Å². The van der Waals surface area contributed by atoms with Crippen LogP contribution in [-0.4, -0.2) is 29.0 Å². The third-order valence-electron chi connectivity index (χ3n) is 3.14. The quantitative estimate of drug-likeness (QED) is 0.635. The molecular weight excluding hydrogens is 208 g/mol. The minimum absolute atomic E-state index is 0.237. The molecule has 1 aliphatic heterocycles. The maximum atomic E-state index is 5.85. The third-order valence-corrected chi connectivity index (χ3v) is 3.14. The zero-order valence-corrected chi connectivity index (χ0v) is 8.90. The molecule has 1 saturated heterocycles. The lowest BCUT2D eigenvalue weighted by molar-refractivity contribution is -0.164. The van der Waals surface area contributed by atoms with Crippen molar-refractivity contribution in [3.8, 4) is 0 Å². The molecule has 3 rings (SSSR count). The van der Waals surface area contributed by atoms with Crippen molar-refractivity contribution in [3.05, 3.63) is 11.3 Å². The fourth-order valence-corrected chi connectivity index (χ4v) is 2.38. The van der Waals surface area contributed by atoms with Crippen LogP contribution < -0.4 is 11.5 Å². The number of aromatic nitrogens is 2. The molecule has 2 heterocycles. The lowest BCUT2D eigenvalue weighted by Crippen LogP contribution is -2.38. The molecule has 1 aromatic heterocycles. The number of ether oxygens (including phenoxy) is 2. The second kappa shape index (κ2) is 3.29. The second-order valence-electron chi connectivity index (χ2n) is 4.18. The van der Waals surface area contributed by atoms with Gasteiger partial charge in [0.1, 0.15) is 5.82 Å². The van der Waals surface area contributed by atoms with Gasteiger partial charge in [-0.2, -0.15) is 4.98 Å². The summed E-state index contributed by atoms with van der Waals surface area (Å²) in [6, 6.07) is 0. The molecule has 0 radical (unpaired) electrons. The topological polar surface area (TPSA) is 96.3 Å². The summed E-state index contributed by atoms with van der Waals surface area (Å²) in [7, 11) is 0. The van der Waals surface area contributed by atoms with Gasteiger partial charge in [-0.05, 0) is 6.42 Å². The third kappa shape index (κ3) is 1.42. The van der Waals surface area contributed by atoms with Crippen molar-refractivity contribution in [2.45, 2.75) is 25.0 Å². The summed E-state index contributed by atoms with van der Waals surface area (Å²) in [5, 5.41) is 0. The van der Waals surface area contributed by atoms with Crippen molar-refractivity contribution in [1.82, 2.24) is 9.97 Å². The largest absolute Gasteiger partial charge is 0.383 e. The number of nitrogens with two attached hydrogens (primary N) is 2. The van der Waals surface area contributed by atoms with Crippen molar-refractivity contribution in [2.24, 2.45) is 0 Å². The average molecular weight is 222 g/mol. The van der Waals surface area contributed by atoms with Crippen LogP contribution in [-0.2, 0) is 22.3 Å². The van der Waals surface area contributed by atoms with E-state index in [1.807, 2.05) is 0 Å². The molecule has 1 spiro atoms. The van der Waals surface area contributed by atoms with Crippen molar-refractivity contribution in [1.29, 1.82) is 0 Å². The number of nitrogens with zero attached hydrogens (tertiary/aromatic N) is 2. The fourth-order valence-electron chi connectivity index (χ4n) is 2.38. The Labute approximate surface area is 93.0 Å². The van der Waals surface area contributed by atoms with E-state index in [9.17, 15) is 0 Å². The molecule has 0 atom stereocenters. The number of fused-ring (bicyclic) bond motifs is 1. The van der Waals surface area contributed by atoms with E-state index < -0.39 is 5.79 Å². The van der Waals surface area contributed by atoms with Crippen LogP contribution in [0.4, 0.5) is 11.8 Å². The minimum Gasteiger partial charge on any atom is -0.383 e. The molecule has 2 aliphatic rings. The lowest BCUT2D eigenvalue weighted by atomic mass is 9.91. The molecule has 0 aromatic carbocycles. The van der Waals surface area contributed by atoms with Gasteiger partial charge >= 0.3 is 0 Å². The molecule has 6 heteroatoms. The van der Waals surface area contributed by atoms with Gasteiger partial charge in [-0.15, -0.1) is 0 Å². The first-order valence-electron chi connectivity index (χ1n) is 5.37. The first-order valence-corrected chi connectivity index (χ1v) is 5.37. The molecule has 4 N–H and O–H groups in total. The minimum atomic E-state index is -0.499. The van der Waals surface area contributed by atoms with E-state index in [0.717, 1.165) is 24.1 Å². The highest BCUT2D eigenvalue weighted by atomic mass is 16.7. The number of rotatable bonds is 0. The Hall–Kier alpha value is -1.40. The van der Waals surface area contributed by atoms with Gasteiger partial charge in [0.05, 0.1) is 18.9 Å². The number of hydrogen-bond donors (Lipinski definition) is 2. The second-order valence-corrected chi connectivity index (χ2v) is 4.18. The summed E-state index contributed by atoms with van der Waals surface area (Å²) in [6.45, 7) is 1.29. The molecule has 0 saturated carbocycles. The number of anilines is 2.